The first-order valence-electron chi connectivity index (χ1n) is 5.62. The number of ether oxygens (including phenoxy) is 1. The molecule has 0 amide bonds. The molecule has 0 saturated carbocycles. The minimum absolute atomic E-state index is 0.640. The second kappa shape index (κ2) is 5.28. The van der Waals surface area contributed by atoms with Gasteiger partial charge in [-0.15, -0.1) is 0 Å². The highest BCUT2D eigenvalue weighted by Gasteiger charge is 2.14. The molecule has 2 rings (SSSR count). The molecular weight excluding hydrogens is 190 g/mol. The lowest BCUT2D eigenvalue weighted by atomic mass is 10.0. The fourth-order valence-electron chi connectivity index (χ4n) is 2.02. The Balaban J connectivity index is 1.86. The van der Waals surface area contributed by atoms with Crippen LogP contribution < -0.4 is 5.32 Å². The van der Waals surface area contributed by atoms with Gasteiger partial charge in [-0.05, 0) is 19.9 Å². The Hall–Kier alpha value is -0.870. The summed E-state index contributed by atoms with van der Waals surface area (Å²) in [6, 6.07) is 0. The van der Waals surface area contributed by atoms with E-state index in [4.69, 9.17) is 4.74 Å². The standard InChI is InChI=1S/C11H19N3O/c1-12-5-11-6-13-14(8-11)7-10-3-2-4-15-9-10/h6,8,10,12H,2-5,7,9H2,1H3/t10-/m0/s1. The molecule has 1 atom stereocenters. The van der Waals surface area contributed by atoms with Crippen molar-refractivity contribution in [2.75, 3.05) is 20.3 Å². The van der Waals surface area contributed by atoms with Gasteiger partial charge >= 0.3 is 0 Å². The van der Waals surface area contributed by atoms with Gasteiger partial charge in [0, 0.05) is 37.4 Å². The molecule has 1 aromatic heterocycles. The maximum Gasteiger partial charge on any atom is 0.0534 e. The average molecular weight is 209 g/mol. The smallest absolute Gasteiger partial charge is 0.0534 e. The minimum atomic E-state index is 0.640. The van der Waals surface area contributed by atoms with Crippen molar-refractivity contribution in [2.24, 2.45) is 5.92 Å². The Morgan fingerprint density at radius 2 is 2.60 bits per heavy atom. The Morgan fingerprint density at radius 3 is 3.33 bits per heavy atom. The fraction of sp³-hybridized carbons (Fsp3) is 0.727. The number of aromatic nitrogens is 2. The Morgan fingerprint density at radius 1 is 1.67 bits per heavy atom. The van der Waals surface area contributed by atoms with Crippen molar-refractivity contribution in [2.45, 2.75) is 25.9 Å². The van der Waals surface area contributed by atoms with Crippen molar-refractivity contribution in [3.8, 4) is 0 Å². The van der Waals surface area contributed by atoms with E-state index in [1.807, 2.05) is 17.9 Å². The Labute approximate surface area is 90.6 Å². The van der Waals surface area contributed by atoms with Crippen molar-refractivity contribution in [1.82, 2.24) is 15.1 Å². The number of nitrogens with zero attached hydrogens (tertiary/aromatic N) is 2. The van der Waals surface area contributed by atoms with Gasteiger partial charge in [-0.3, -0.25) is 4.68 Å². The minimum Gasteiger partial charge on any atom is -0.381 e. The van der Waals surface area contributed by atoms with Crippen LogP contribution >= 0.6 is 0 Å². The predicted molar refractivity (Wildman–Crippen MR) is 58.5 cm³/mol. The topological polar surface area (TPSA) is 39.1 Å². The van der Waals surface area contributed by atoms with Crippen LogP contribution in [0.2, 0.25) is 0 Å². The van der Waals surface area contributed by atoms with Gasteiger partial charge in [0.15, 0.2) is 0 Å². The van der Waals surface area contributed by atoms with Gasteiger partial charge in [0.1, 0.15) is 0 Å². The van der Waals surface area contributed by atoms with Crippen LogP contribution in [-0.2, 0) is 17.8 Å². The SMILES string of the molecule is CNCc1cnn(C[C@@H]2CCCOC2)c1. The molecule has 1 aliphatic rings. The molecule has 1 aliphatic heterocycles. The largest absolute Gasteiger partial charge is 0.381 e. The summed E-state index contributed by atoms with van der Waals surface area (Å²) < 4.78 is 7.49. The number of nitrogens with one attached hydrogen (secondary N) is 1. The highest BCUT2D eigenvalue weighted by molar-refractivity contribution is 5.03. The van der Waals surface area contributed by atoms with E-state index in [9.17, 15) is 0 Å². The molecule has 2 heterocycles. The van der Waals surface area contributed by atoms with Gasteiger partial charge in [0.25, 0.3) is 0 Å². The van der Waals surface area contributed by atoms with Crippen LogP contribution in [0.1, 0.15) is 18.4 Å². The first kappa shape index (κ1) is 10.6. The molecule has 0 aliphatic carbocycles. The van der Waals surface area contributed by atoms with Gasteiger partial charge in [0.2, 0.25) is 0 Å². The third-order valence-corrected chi connectivity index (χ3v) is 2.77. The number of hydrogen-bond acceptors (Lipinski definition) is 3. The highest BCUT2D eigenvalue weighted by atomic mass is 16.5. The van der Waals surface area contributed by atoms with E-state index in [2.05, 4.69) is 16.6 Å². The van der Waals surface area contributed by atoms with Gasteiger partial charge in [-0.2, -0.15) is 5.10 Å². The molecule has 0 radical (unpaired) electrons. The first-order valence-corrected chi connectivity index (χ1v) is 5.62. The first-order chi connectivity index (χ1) is 7.38. The van der Waals surface area contributed by atoms with Gasteiger partial charge in [-0.1, -0.05) is 0 Å². The monoisotopic (exact) mass is 209 g/mol. The molecule has 84 valence electrons. The number of hydrogen-bond donors (Lipinski definition) is 1. The second-order valence-electron chi connectivity index (χ2n) is 4.18. The van der Waals surface area contributed by atoms with Crippen LogP contribution in [0.25, 0.3) is 0 Å². The third-order valence-electron chi connectivity index (χ3n) is 2.77. The molecule has 0 aromatic carbocycles. The van der Waals surface area contributed by atoms with Crippen LogP contribution in [0.3, 0.4) is 0 Å². The molecule has 1 aromatic rings. The number of rotatable bonds is 4. The van der Waals surface area contributed by atoms with Crippen LogP contribution in [0.15, 0.2) is 12.4 Å². The molecule has 0 spiro atoms. The predicted octanol–water partition coefficient (Wildman–Crippen LogP) is 1.03. The molecule has 0 unspecified atom stereocenters. The van der Waals surface area contributed by atoms with E-state index in [1.54, 1.807) is 0 Å². The van der Waals surface area contributed by atoms with Crippen molar-refractivity contribution >= 4 is 0 Å². The van der Waals surface area contributed by atoms with E-state index in [1.165, 1.54) is 18.4 Å². The summed E-state index contributed by atoms with van der Waals surface area (Å²) in [7, 11) is 1.95. The van der Waals surface area contributed by atoms with Crippen LogP contribution in [0.5, 0.6) is 0 Å². The molecule has 1 fully saturated rings. The molecule has 1 saturated heterocycles. The van der Waals surface area contributed by atoms with Gasteiger partial charge in [0.05, 0.1) is 12.8 Å². The van der Waals surface area contributed by atoms with E-state index in [0.29, 0.717) is 5.92 Å². The van der Waals surface area contributed by atoms with E-state index in [-0.39, 0.29) is 0 Å². The summed E-state index contributed by atoms with van der Waals surface area (Å²) >= 11 is 0. The summed E-state index contributed by atoms with van der Waals surface area (Å²) in [6.07, 6.45) is 6.50. The zero-order valence-corrected chi connectivity index (χ0v) is 9.28. The summed E-state index contributed by atoms with van der Waals surface area (Å²) in [5.74, 6) is 0.640. The second-order valence-corrected chi connectivity index (χ2v) is 4.18. The summed E-state index contributed by atoms with van der Waals surface area (Å²) in [6.45, 7) is 3.70. The Bertz CT molecular complexity index is 292. The summed E-state index contributed by atoms with van der Waals surface area (Å²) in [5, 5.41) is 7.47. The summed E-state index contributed by atoms with van der Waals surface area (Å²) in [5.41, 5.74) is 1.24. The fourth-order valence-corrected chi connectivity index (χ4v) is 2.02. The maximum absolute atomic E-state index is 5.46. The lowest BCUT2D eigenvalue weighted by Crippen LogP contribution is -2.22. The van der Waals surface area contributed by atoms with Crippen LogP contribution in [0.4, 0.5) is 0 Å². The van der Waals surface area contributed by atoms with E-state index in [0.717, 1.165) is 26.3 Å². The third kappa shape index (κ3) is 3.04. The van der Waals surface area contributed by atoms with Crippen LogP contribution in [-0.4, -0.2) is 30.0 Å². The van der Waals surface area contributed by atoms with Crippen molar-refractivity contribution in [1.29, 1.82) is 0 Å². The molecular formula is C11H19N3O. The zero-order valence-electron chi connectivity index (χ0n) is 9.28. The molecule has 4 heteroatoms. The van der Waals surface area contributed by atoms with E-state index < -0.39 is 0 Å². The van der Waals surface area contributed by atoms with Gasteiger partial charge in [-0.25, -0.2) is 0 Å². The molecule has 4 nitrogen and oxygen atoms in total. The van der Waals surface area contributed by atoms with Crippen molar-refractivity contribution in [3.63, 3.8) is 0 Å². The normalized spacial score (nSPS) is 21.8. The van der Waals surface area contributed by atoms with Gasteiger partial charge < -0.3 is 10.1 Å². The summed E-state index contributed by atoms with van der Waals surface area (Å²) in [4.78, 5) is 0. The zero-order chi connectivity index (χ0) is 10.5. The lowest BCUT2D eigenvalue weighted by molar-refractivity contribution is 0.0470. The quantitative estimate of drug-likeness (QED) is 0.805. The van der Waals surface area contributed by atoms with E-state index >= 15 is 0 Å². The maximum atomic E-state index is 5.46. The highest BCUT2D eigenvalue weighted by Crippen LogP contribution is 2.15. The molecule has 0 bridgehead atoms. The van der Waals surface area contributed by atoms with Crippen molar-refractivity contribution < 1.29 is 4.74 Å². The lowest BCUT2D eigenvalue weighted by Gasteiger charge is -2.21. The van der Waals surface area contributed by atoms with Crippen LogP contribution in [0, 0.1) is 5.92 Å². The Kier molecular flexibility index (Phi) is 3.75. The van der Waals surface area contributed by atoms with Crippen molar-refractivity contribution in [3.05, 3.63) is 18.0 Å². The molecule has 1 N–H and O–H groups in total. The average Bonchev–Trinajstić information content (AvgIpc) is 2.68. The molecule has 15 heavy (non-hydrogen) atoms.